The van der Waals surface area contributed by atoms with Crippen molar-refractivity contribution in [2.24, 2.45) is 0 Å². The molecule has 0 aliphatic carbocycles. The van der Waals surface area contributed by atoms with E-state index in [2.05, 4.69) is 25.7 Å². The lowest BCUT2D eigenvalue weighted by molar-refractivity contribution is -0.870. The Hall–Kier alpha value is -1.51. The van der Waals surface area contributed by atoms with Gasteiger partial charge >= 0.3 is 11.9 Å². The van der Waals surface area contributed by atoms with Crippen LogP contribution in [0.3, 0.4) is 0 Å². The van der Waals surface area contributed by atoms with Gasteiger partial charge < -0.3 is 27.9 Å². The quantitative estimate of drug-likeness (QED) is 0.0199. The number of quaternary nitrogens is 1. The van der Waals surface area contributed by atoms with Crippen LogP contribution >= 0.6 is 7.82 Å². The normalized spacial score (nSPS) is 13.6. The number of carbonyl (C=O) groups is 2. The molecule has 0 N–H and O–H groups in total. The van der Waals surface area contributed by atoms with Crippen molar-refractivity contribution in [1.29, 1.82) is 0 Å². The molecule has 9 nitrogen and oxygen atoms in total. The molecule has 0 spiro atoms. The Morgan fingerprint density at radius 3 is 1.53 bits per heavy atom. The number of ether oxygens (including phenoxy) is 2. The van der Waals surface area contributed by atoms with Gasteiger partial charge in [-0.2, -0.15) is 0 Å². The summed E-state index contributed by atoms with van der Waals surface area (Å²) < 4.78 is 33.9. The van der Waals surface area contributed by atoms with Crippen LogP contribution < -0.4 is 4.89 Å². The molecule has 0 saturated carbocycles. The molecule has 0 rings (SSSR count). The van der Waals surface area contributed by atoms with Crippen LogP contribution in [0.4, 0.5) is 0 Å². The standard InChI is InChI=1S/C43H82NO8P/c1-6-8-10-12-14-16-18-20-22-24-26-28-30-32-34-36-43(46)52-41(40-51-53(47,48)50-38-37-44(3,4)5)39-49-42(45)35-33-31-29-27-25-23-21-19-17-15-13-11-9-7-2/h6,19,21,41H,1,7-18,20,22-40H2,2-5H3/b21-19+/t41-/m1/s1. The highest BCUT2D eigenvalue weighted by atomic mass is 31.2. The van der Waals surface area contributed by atoms with Gasteiger partial charge in [0.1, 0.15) is 19.8 Å². The maximum atomic E-state index is 12.7. The van der Waals surface area contributed by atoms with E-state index in [1.54, 1.807) is 0 Å². The minimum Gasteiger partial charge on any atom is -0.756 e. The third-order valence-corrected chi connectivity index (χ3v) is 10.3. The molecule has 0 aliphatic rings. The molecule has 0 saturated heterocycles. The fourth-order valence-corrected chi connectivity index (χ4v) is 6.65. The monoisotopic (exact) mass is 772 g/mol. The number of likely N-dealkylation sites (N-methyl/N-ethyl adjacent to an activating group) is 1. The zero-order chi connectivity index (χ0) is 39.3. The zero-order valence-electron chi connectivity index (χ0n) is 34.8. The maximum Gasteiger partial charge on any atom is 0.306 e. The number of hydrogen-bond donors (Lipinski definition) is 0. The SMILES string of the molecule is C=CCCCCCCCCCCCCCCCC(=O)O[C@H](COC(=O)CCCCCCC/C=C/CCCCCCC)COP(=O)([O-])OCC[N+](C)(C)C. The van der Waals surface area contributed by atoms with Gasteiger partial charge in [-0.15, -0.1) is 6.58 Å². The number of nitrogens with zero attached hydrogens (tertiary/aromatic N) is 1. The fraction of sp³-hybridized carbons (Fsp3) is 0.860. The molecule has 1 unspecified atom stereocenters. The van der Waals surface area contributed by atoms with Gasteiger partial charge in [0.05, 0.1) is 27.7 Å². The number of phosphoric acid groups is 1. The van der Waals surface area contributed by atoms with Crippen LogP contribution in [0.15, 0.2) is 24.8 Å². The van der Waals surface area contributed by atoms with E-state index in [0.717, 1.165) is 64.2 Å². The molecule has 0 radical (unpaired) electrons. The van der Waals surface area contributed by atoms with Crippen molar-refractivity contribution in [2.45, 2.75) is 193 Å². The minimum atomic E-state index is -4.62. The Labute approximate surface area is 326 Å². The average Bonchev–Trinajstić information content (AvgIpc) is 3.10. The second-order valence-electron chi connectivity index (χ2n) is 15.8. The first-order valence-corrected chi connectivity index (χ1v) is 23.0. The van der Waals surface area contributed by atoms with Crippen LogP contribution in [-0.2, 0) is 32.7 Å². The Kier molecular flexibility index (Phi) is 35.1. The Morgan fingerprint density at radius 2 is 1.06 bits per heavy atom. The highest BCUT2D eigenvalue weighted by molar-refractivity contribution is 7.45. The van der Waals surface area contributed by atoms with E-state index < -0.39 is 32.5 Å². The summed E-state index contributed by atoms with van der Waals surface area (Å²) in [5, 5.41) is 0. The second kappa shape index (κ2) is 36.1. The lowest BCUT2D eigenvalue weighted by Crippen LogP contribution is -2.37. The first kappa shape index (κ1) is 51.5. The summed E-state index contributed by atoms with van der Waals surface area (Å²) in [6, 6.07) is 0. The summed E-state index contributed by atoms with van der Waals surface area (Å²) in [6.07, 6.45) is 36.6. The summed E-state index contributed by atoms with van der Waals surface area (Å²) >= 11 is 0. The first-order valence-electron chi connectivity index (χ1n) is 21.5. The van der Waals surface area contributed by atoms with Gasteiger partial charge in [0.15, 0.2) is 6.10 Å². The molecule has 0 aromatic heterocycles. The third kappa shape index (κ3) is 40.0. The minimum absolute atomic E-state index is 0.0314. The number of unbranched alkanes of at least 4 members (excludes halogenated alkanes) is 23. The third-order valence-electron chi connectivity index (χ3n) is 9.34. The van der Waals surface area contributed by atoms with Crippen LogP contribution in [-0.4, -0.2) is 70.0 Å². The molecule has 0 aliphatic heterocycles. The second-order valence-corrected chi connectivity index (χ2v) is 17.2. The van der Waals surface area contributed by atoms with Gasteiger partial charge in [0.25, 0.3) is 7.82 Å². The van der Waals surface area contributed by atoms with Crippen molar-refractivity contribution < 1.29 is 42.1 Å². The molecule has 0 aromatic carbocycles. The zero-order valence-corrected chi connectivity index (χ0v) is 35.7. The number of esters is 2. The van der Waals surface area contributed by atoms with Crippen molar-refractivity contribution in [3.05, 3.63) is 24.8 Å². The summed E-state index contributed by atoms with van der Waals surface area (Å²) in [4.78, 5) is 37.5. The Balaban J connectivity index is 4.36. The number of hydrogen-bond acceptors (Lipinski definition) is 8. The lowest BCUT2D eigenvalue weighted by atomic mass is 10.0. The lowest BCUT2D eigenvalue weighted by Gasteiger charge is -2.28. The summed E-state index contributed by atoms with van der Waals surface area (Å²) in [6.45, 7) is 5.73. The van der Waals surface area contributed by atoms with E-state index in [9.17, 15) is 19.0 Å². The van der Waals surface area contributed by atoms with E-state index in [1.807, 2.05) is 27.2 Å². The molecule has 0 aromatic rings. The van der Waals surface area contributed by atoms with Gasteiger partial charge in [-0.05, 0) is 51.4 Å². The molecular weight excluding hydrogens is 689 g/mol. The van der Waals surface area contributed by atoms with E-state index in [1.165, 1.54) is 96.3 Å². The molecule has 2 atom stereocenters. The topological polar surface area (TPSA) is 111 Å². The molecular formula is C43H82NO8P. The first-order chi connectivity index (χ1) is 25.5. The number of phosphoric ester groups is 1. The van der Waals surface area contributed by atoms with Gasteiger partial charge in [0.2, 0.25) is 0 Å². The van der Waals surface area contributed by atoms with Crippen LogP contribution in [0, 0.1) is 0 Å². The summed E-state index contributed by atoms with van der Waals surface area (Å²) in [7, 11) is 1.16. The van der Waals surface area contributed by atoms with Crippen molar-refractivity contribution in [3.8, 4) is 0 Å². The van der Waals surface area contributed by atoms with Gasteiger partial charge in [-0.25, -0.2) is 0 Å². The van der Waals surface area contributed by atoms with Crippen molar-refractivity contribution in [2.75, 3.05) is 47.5 Å². The predicted octanol–water partition coefficient (Wildman–Crippen LogP) is 11.3. The van der Waals surface area contributed by atoms with Crippen LogP contribution in [0.5, 0.6) is 0 Å². The number of rotatable bonds is 40. The smallest absolute Gasteiger partial charge is 0.306 e. The number of allylic oxidation sites excluding steroid dienone is 3. The van der Waals surface area contributed by atoms with Crippen molar-refractivity contribution in [1.82, 2.24) is 0 Å². The average molecular weight is 772 g/mol. The molecule has 10 heteroatoms. The predicted molar refractivity (Wildman–Crippen MR) is 218 cm³/mol. The maximum absolute atomic E-state index is 12.7. The molecule has 53 heavy (non-hydrogen) atoms. The van der Waals surface area contributed by atoms with Crippen molar-refractivity contribution in [3.63, 3.8) is 0 Å². The van der Waals surface area contributed by atoms with E-state index in [4.69, 9.17) is 18.5 Å². The number of carbonyl (C=O) groups excluding carboxylic acids is 2. The summed E-state index contributed by atoms with van der Waals surface area (Å²) in [5.41, 5.74) is 0. The molecule has 0 fully saturated rings. The Bertz CT molecular complexity index is 951. The van der Waals surface area contributed by atoms with Crippen LogP contribution in [0.25, 0.3) is 0 Å². The molecule has 312 valence electrons. The van der Waals surface area contributed by atoms with Gasteiger partial charge in [-0.1, -0.05) is 141 Å². The van der Waals surface area contributed by atoms with E-state index in [-0.39, 0.29) is 26.1 Å². The van der Waals surface area contributed by atoms with Crippen LogP contribution in [0.2, 0.25) is 0 Å². The highest BCUT2D eigenvalue weighted by Gasteiger charge is 2.21. The Morgan fingerprint density at radius 1 is 0.623 bits per heavy atom. The summed E-state index contributed by atoms with van der Waals surface area (Å²) in [5.74, 6) is -0.843. The van der Waals surface area contributed by atoms with E-state index in [0.29, 0.717) is 17.4 Å². The highest BCUT2D eigenvalue weighted by Crippen LogP contribution is 2.38. The van der Waals surface area contributed by atoms with Crippen molar-refractivity contribution >= 4 is 19.8 Å². The van der Waals surface area contributed by atoms with Gasteiger partial charge in [0, 0.05) is 12.8 Å². The molecule has 0 amide bonds. The van der Waals surface area contributed by atoms with Crippen LogP contribution in [0.1, 0.15) is 187 Å². The molecule has 0 bridgehead atoms. The fourth-order valence-electron chi connectivity index (χ4n) is 5.92. The van der Waals surface area contributed by atoms with E-state index >= 15 is 0 Å². The molecule has 0 heterocycles. The largest absolute Gasteiger partial charge is 0.756 e. The van der Waals surface area contributed by atoms with Gasteiger partial charge in [-0.3, -0.25) is 14.2 Å².